The third-order valence-electron chi connectivity index (χ3n) is 2.18. The molecule has 2 aliphatic rings. The van der Waals surface area contributed by atoms with Crippen molar-refractivity contribution < 1.29 is 13.9 Å². The topological polar surface area (TPSA) is 39.4 Å². The van der Waals surface area contributed by atoms with Crippen LogP contribution in [0.4, 0.5) is 0 Å². The molecule has 0 fully saturated rings. The second-order valence-corrected chi connectivity index (χ2v) is 4.12. The lowest BCUT2D eigenvalue weighted by Crippen LogP contribution is -1.85. The average molecular weight is 269 g/mol. The van der Waals surface area contributed by atoms with E-state index in [4.69, 9.17) is 9.15 Å². The maximum absolute atomic E-state index is 10.6. The molecule has 3 nitrogen and oxygen atoms in total. The van der Waals surface area contributed by atoms with Gasteiger partial charge in [-0.25, -0.2) is 0 Å². The molecular formula is C11H9BrO3. The van der Waals surface area contributed by atoms with Crippen molar-refractivity contribution in [1.29, 1.82) is 0 Å². The number of aldehydes is 1. The molecule has 0 saturated carbocycles. The van der Waals surface area contributed by atoms with Crippen LogP contribution in [0.2, 0.25) is 0 Å². The predicted molar refractivity (Wildman–Crippen MR) is 59.6 cm³/mol. The van der Waals surface area contributed by atoms with Crippen LogP contribution in [0.3, 0.4) is 0 Å². The minimum absolute atomic E-state index is 0.286. The van der Waals surface area contributed by atoms with Crippen LogP contribution < -0.4 is 4.74 Å². The zero-order valence-corrected chi connectivity index (χ0v) is 9.65. The van der Waals surface area contributed by atoms with E-state index >= 15 is 0 Å². The van der Waals surface area contributed by atoms with Crippen LogP contribution in [-0.2, 0) is 4.79 Å². The number of ether oxygens (including phenoxy) is 1. The summed E-state index contributed by atoms with van der Waals surface area (Å²) in [5, 5.41) is 0. The number of halogens is 1. The second kappa shape index (κ2) is 4.06. The number of rotatable bonds is 3. The largest absolute Gasteiger partial charge is 0.493 e. The highest BCUT2D eigenvalue weighted by Crippen LogP contribution is 2.34. The first-order valence-corrected chi connectivity index (χ1v) is 5.31. The van der Waals surface area contributed by atoms with Crippen LogP contribution in [0, 0.1) is 0 Å². The molecule has 0 aromatic rings. The molecule has 78 valence electrons. The van der Waals surface area contributed by atoms with Gasteiger partial charge in [0.15, 0.2) is 5.75 Å². The second-order valence-electron chi connectivity index (χ2n) is 3.13. The molecule has 0 amide bonds. The summed E-state index contributed by atoms with van der Waals surface area (Å²) in [6.07, 6.45) is 2.38. The average Bonchev–Trinajstić information content (AvgIpc) is 2.70. The van der Waals surface area contributed by atoms with Gasteiger partial charge in [-0.2, -0.15) is 0 Å². The normalized spacial score (nSPS) is 12.7. The van der Waals surface area contributed by atoms with E-state index in [2.05, 4.69) is 15.9 Å². The smallest absolute Gasteiger partial charge is 0.154 e. The summed E-state index contributed by atoms with van der Waals surface area (Å²) in [6.45, 7) is 0. The highest BCUT2D eigenvalue weighted by atomic mass is 79.9. The fraction of sp³-hybridized carbons (Fsp3) is 0.182. The number of hydrogen-bond acceptors (Lipinski definition) is 3. The predicted octanol–water partition coefficient (Wildman–Crippen LogP) is 3.03. The first-order chi connectivity index (χ1) is 7.24. The van der Waals surface area contributed by atoms with Crippen LogP contribution in [0.5, 0.6) is 5.75 Å². The zero-order valence-electron chi connectivity index (χ0n) is 8.07. The maximum atomic E-state index is 10.6. The van der Waals surface area contributed by atoms with Crippen molar-refractivity contribution in [3.63, 3.8) is 0 Å². The van der Waals surface area contributed by atoms with Gasteiger partial charge in [0.05, 0.1) is 11.9 Å². The highest BCUT2D eigenvalue weighted by Gasteiger charge is 2.14. The highest BCUT2D eigenvalue weighted by molar-refractivity contribution is 9.09. The van der Waals surface area contributed by atoms with E-state index in [1.807, 2.05) is 18.2 Å². The minimum atomic E-state index is -0.286. The molecule has 0 bridgehead atoms. The van der Waals surface area contributed by atoms with E-state index in [1.165, 1.54) is 6.26 Å². The lowest BCUT2D eigenvalue weighted by molar-refractivity contribution is -0.107. The van der Waals surface area contributed by atoms with Gasteiger partial charge in [-0.05, 0) is 23.8 Å². The Kier molecular flexibility index (Phi) is 2.77. The fourth-order valence-electron chi connectivity index (χ4n) is 1.40. The molecule has 1 atom stereocenters. The Morgan fingerprint density at radius 2 is 2.27 bits per heavy atom. The molecule has 0 spiro atoms. The monoisotopic (exact) mass is 268 g/mol. The maximum Gasteiger partial charge on any atom is 0.154 e. The van der Waals surface area contributed by atoms with Gasteiger partial charge < -0.3 is 13.9 Å². The standard InChI is InChI=1S/C11H9BrO3/c1-14-9-3-8-2-7(10(12)5-13)4-11(8)15-6-9/h2-6,10H,1H3. The Hall–Kier alpha value is -1.29. The molecule has 0 aromatic carbocycles. The molecule has 1 heterocycles. The number of alkyl halides is 1. The van der Waals surface area contributed by atoms with Crippen molar-refractivity contribution in [1.82, 2.24) is 0 Å². The molecule has 4 heteroatoms. The van der Waals surface area contributed by atoms with Gasteiger partial charge in [-0.1, -0.05) is 15.9 Å². The molecule has 1 unspecified atom stereocenters. The lowest BCUT2D eigenvalue weighted by Gasteiger charge is -2.01. The summed E-state index contributed by atoms with van der Waals surface area (Å²) < 4.78 is 10.4. The van der Waals surface area contributed by atoms with E-state index in [0.29, 0.717) is 5.75 Å². The third-order valence-corrected chi connectivity index (χ3v) is 2.92. The van der Waals surface area contributed by atoms with E-state index < -0.39 is 0 Å². The molecule has 1 aliphatic heterocycles. The third kappa shape index (κ3) is 1.90. The van der Waals surface area contributed by atoms with E-state index in [9.17, 15) is 4.79 Å². The van der Waals surface area contributed by atoms with Crippen LogP contribution in [0.1, 0.15) is 10.4 Å². The summed E-state index contributed by atoms with van der Waals surface area (Å²) >= 11 is 3.26. The van der Waals surface area contributed by atoms with Gasteiger partial charge in [-0.3, -0.25) is 0 Å². The van der Waals surface area contributed by atoms with E-state index in [-0.39, 0.29) is 4.83 Å². The van der Waals surface area contributed by atoms with Crippen LogP contribution in [0.25, 0.3) is 11.3 Å². The van der Waals surface area contributed by atoms with Crippen molar-refractivity contribution in [3.05, 3.63) is 30.0 Å². The number of methoxy groups -OCH3 is 1. The van der Waals surface area contributed by atoms with Crippen molar-refractivity contribution >= 4 is 22.2 Å². The van der Waals surface area contributed by atoms with Crippen LogP contribution in [-0.4, -0.2) is 13.4 Å². The number of carbonyl (C=O) groups excluding carboxylic acids is 1. The Morgan fingerprint density at radius 3 is 2.93 bits per heavy atom. The van der Waals surface area contributed by atoms with Gasteiger partial charge in [0.1, 0.15) is 18.3 Å². The minimum Gasteiger partial charge on any atom is -0.493 e. The SMILES string of the molecule is COc1coc2cc(C(Br)C=O)cc-2c1. The van der Waals surface area contributed by atoms with Gasteiger partial charge in [0.25, 0.3) is 0 Å². The quantitative estimate of drug-likeness (QED) is 0.635. The van der Waals surface area contributed by atoms with Gasteiger partial charge in [-0.15, -0.1) is 0 Å². The fourth-order valence-corrected chi connectivity index (χ4v) is 1.66. The van der Waals surface area contributed by atoms with Crippen LogP contribution >= 0.6 is 15.9 Å². The summed E-state index contributed by atoms with van der Waals surface area (Å²) in [7, 11) is 1.58. The van der Waals surface area contributed by atoms with Crippen molar-refractivity contribution in [2.75, 3.05) is 7.11 Å². The molecule has 0 aromatic heterocycles. The van der Waals surface area contributed by atoms with E-state index in [0.717, 1.165) is 23.2 Å². The Bertz CT molecular complexity index is 449. The van der Waals surface area contributed by atoms with Crippen molar-refractivity contribution in [2.24, 2.45) is 0 Å². The zero-order chi connectivity index (χ0) is 10.8. The molecule has 0 N–H and O–H groups in total. The first kappa shape index (κ1) is 10.2. The van der Waals surface area contributed by atoms with Gasteiger partial charge in [0, 0.05) is 5.56 Å². The summed E-state index contributed by atoms with van der Waals surface area (Å²) in [5.74, 6) is 1.41. The lowest BCUT2D eigenvalue weighted by atomic mass is 10.2. The van der Waals surface area contributed by atoms with E-state index in [1.54, 1.807) is 7.11 Å². The first-order valence-electron chi connectivity index (χ1n) is 4.40. The molecule has 0 radical (unpaired) electrons. The van der Waals surface area contributed by atoms with Crippen LogP contribution in [0.15, 0.2) is 28.9 Å². The Labute approximate surface area is 95.5 Å². The van der Waals surface area contributed by atoms with Gasteiger partial charge >= 0.3 is 0 Å². The molecule has 2 rings (SSSR count). The Balaban J connectivity index is 2.47. The molecular weight excluding hydrogens is 260 g/mol. The summed E-state index contributed by atoms with van der Waals surface area (Å²) in [5.41, 5.74) is 1.81. The molecule has 0 saturated heterocycles. The summed E-state index contributed by atoms with van der Waals surface area (Å²) in [6, 6.07) is 5.60. The molecule has 1 aliphatic carbocycles. The number of hydrogen-bond donors (Lipinski definition) is 0. The summed E-state index contributed by atoms with van der Waals surface area (Å²) in [4.78, 5) is 10.3. The van der Waals surface area contributed by atoms with Crippen molar-refractivity contribution in [3.8, 4) is 17.1 Å². The van der Waals surface area contributed by atoms with Crippen molar-refractivity contribution in [2.45, 2.75) is 4.83 Å². The number of fused-ring (bicyclic) bond motifs is 1. The Morgan fingerprint density at radius 1 is 1.47 bits per heavy atom. The number of carbonyl (C=O) groups is 1. The van der Waals surface area contributed by atoms with Gasteiger partial charge in [0.2, 0.25) is 0 Å². The molecule has 15 heavy (non-hydrogen) atoms.